The molecule has 1 aliphatic heterocycles. The zero-order valence-corrected chi connectivity index (χ0v) is 14.9. The molecule has 0 unspecified atom stereocenters. The lowest BCUT2D eigenvalue weighted by molar-refractivity contribution is -0.116. The van der Waals surface area contributed by atoms with Crippen LogP contribution in [0.5, 0.6) is 5.75 Å². The van der Waals surface area contributed by atoms with Crippen LogP contribution in [-0.4, -0.2) is 29.4 Å². The quantitative estimate of drug-likeness (QED) is 0.538. The zero-order valence-electron chi connectivity index (χ0n) is 14.9. The van der Waals surface area contributed by atoms with Gasteiger partial charge in [-0.1, -0.05) is 30.3 Å². The van der Waals surface area contributed by atoms with E-state index in [4.69, 9.17) is 4.74 Å². The first-order valence-corrected chi connectivity index (χ1v) is 8.87. The highest BCUT2D eigenvalue weighted by molar-refractivity contribution is 6.04. The molecule has 1 aliphatic rings. The largest absolute Gasteiger partial charge is 0.506 e. The highest BCUT2D eigenvalue weighted by atomic mass is 16.5. The van der Waals surface area contributed by atoms with Crippen molar-refractivity contribution in [2.45, 2.75) is 12.8 Å². The van der Waals surface area contributed by atoms with Crippen LogP contribution in [0, 0.1) is 0 Å². The molecule has 0 radical (unpaired) electrons. The number of rotatable bonds is 4. The van der Waals surface area contributed by atoms with E-state index in [1.807, 2.05) is 12.1 Å². The van der Waals surface area contributed by atoms with E-state index in [-0.39, 0.29) is 23.0 Å². The standard InChI is InChI=1S/C22H17NO5/c24-19(15-6-9-18-14(11-15)7-10-20(25)23-18)12-28-22(27)17-8-5-13-3-1-2-4-16(13)21(17)26/h1-6,8-9,11,26H,7,10,12H2,(H,23,25). The molecule has 1 amide bonds. The van der Waals surface area contributed by atoms with Gasteiger partial charge in [-0.2, -0.15) is 0 Å². The Bertz CT molecular complexity index is 1120. The molecule has 0 aliphatic carbocycles. The van der Waals surface area contributed by atoms with Gasteiger partial charge in [-0.25, -0.2) is 4.79 Å². The summed E-state index contributed by atoms with van der Waals surface area (Å²) in [6, 6.07) is 15.3. The molecule has 28 heavy (non-hydrogen) atoms. The summed E-state index contributed by atoms with van der Waals surface area (Å²) < 4.78 is 5.12. The molecule has 0 fully saturated rings. The van der Waals surface area contributed by atoms with Crippen LogP contribution >= 0.6 is 0 Å². The van der Waals surface area contributed by atoms with Gasteiger partial charge in [0, 0.05) is 23.1 Å². The normalized spacial score (nSPS) is 12.9. The summed E-state index contributed by atoms with van der Waals surface area (Å²) in [5, 5.41) is 14.4. The average molecular weight is 375 g/mol. The Morgan fingerprint density at radius 1 is 1.04 bits per heavy atom. The van der Waals surface area contributed by atoms with Gasteiger partial charge in [-0.3, -0.25) is 9.59 Å². The number of aromatic hydroxyl groups is 1. The Labute approximate surface area is 160 Å². The van der Waals surface area contributed by atoms with E-state index in [2.05, 4.69) is 5.32 Å². The van der Waals surface area contributed by atoms with Gasteiger partial charge in [-0.05, 0) is 41.6 Å². The van der Waals surface area contributed by atoms with Gasteiger partial charge < -0.3 is 15.2 Å². The molecule has 6 heteroatoms. The first-order valence-electron chi connectivity index (χ1n) is 8.87. The first-order chi connectivity index (χ1) is 13.5. The van der Waals surface area contributed by atoms with Crippen molar-refractivity contribution in [3.05, 3.63) is 71.3 Å². The number of carbonyl (C=O) groups excluding carboxylic acids is 3. The minimum absolute atomic E-state index is 0.0136. The van der Waals surface area contributed by atoms with Crippen LogP contribution in [0.15, 0.2) is 54.6 Å². The Balaban J connectivity index is 1.47. The van der Waals surface area contributed by atoms with Crippen LogP contribution in [0.2, 0.25) is 0 Å². The number of benzene rings is 3. The van der Waals surface area contributed by atoms with Crippen molar-refractivity contribution in [3.8, 4) is 5.75 Å². The predicted octanol–water partition coefficient (Wildman–Crippen LogP) is 3.47. The number of amides is 1. The van der Waals surface area contributed by atoms with Crippen molar-refractivity contribution in [3.63, 3.8) is 0 Å². The summed E-state index contributed by atoms with van der Waals surface area (Å²) in [5.74, 6) is -1.33. The molecule has 2 N–H and O–H groups in total. The highest BCUT2D eigenvalue weighted by Crippen LogP contribution is 2.29. The number of Topliss-reactive ketones (excluding diaryl/α,β-unsaturated/α-hetero) is 1. The zero-order chi connectivity index (χ0) is 19.7. The maximum absolute atomic E-state index is 12.4. The summed E-state index contributed by atoms with van der Waals surface area (Å²) in [4.78, 5) is 36.1. The van der Waals surface area contributed by atoms with Crippen molar-refractivity contribution >= 4 is 34.1 Å². The molecule has 6 nitrogen and oxygen atoms in total. The third-order valence-electron chi connectivity index (χ3n) is 4.78. The number of hydrogen-bond acceptors (Lipinski definition) is 5. The summed E-state index contributed by atoms with van der Waals surface area (Å²) in [5.41, 5.74) is 2.00. The van der Waals surface area contributed by atoms with Crippen LogP contribution in [0.4, 0.5) is 5.69 Å². The molecule has 0 aromatic heterocycles. The number of phenols is 1. The molecule has 0 spiro atoms. The highest BCUT2D eigenvalue weighted by Gasteiger charge is 2.19. The van der Waals surface area contributed by atoms with E-state index in [0.29, 0.717) is 29.5 Å². The smallest absolute Gasteiger partial charge is 0.342 e. The number of nitrogens with one attached hydrogen (secondary N) is 1. The molecule has 0 bridgehead atoms. The van der Waals surface area contributed by atoms with Gasteiger partial charge >= 0.3 is 5.97 Å². The molecule has 0 saturated carbocycles. The van der Waals surface area contributed by atoms with Gasteiger partial charge in [0.05, 0.1) is 0 Å². The third-order valence-corrected chi connectivity index (χ3v) is 4.78. The van der Waals surface area contributed by atoms with Gasteiger partial charge in [0.1, 0.15) is 11.3 Å². The minimum Gasteiger partial charge on any atom is -0.506 e. The predicted molar refractivity (Wildman–Crippen MR) is 104 cm³/mol. The summed E-state index contributed by atoms with van der Waals surface area (Å²) >= 11 is 0. The number of phenolic OH excluding ortho intramolecular Hbond substituents is 1. The number of esters is 1. The van der Waals surface area contributed by atoms with Crippen molar-refractivity contribution in [2.24, 2.45) is 0 Å². The van der Waals surface area contributed by atoms with Gasteiger partial charge in [0.15, 0.2) is 12.4 Å². The van der Waals surface area contributed by atoms with Crippen LogP contribution in [0.25, 0.3) is 10.8 Å². The van der Waals surface area contributed by atoms with Gasteiger partial charge in [-0.15, -0.1) is 0 Å². The number of anilines is 1. The van der Waals surface area contributed by atoms with Crippen LogP contribution in [0.1, 0.15) is 32.7 Å². The van der Waals surface area contributed by atoms with E-state index in [0.717, 1.165) is 10.9 Å². The molecule has 4 rings (SSSR count). The number of hydrogen-bond donors (Lipinski definition) is 2. The molecule has 0 atom stereocenters. The molecule has 3 aromatic rings. The second kappa shape index (κ2) is 7.15. The second-order valence-corrected chi connectivity index (χ2v) is 6.60. The lowest BCUT2D eigenvalue weighted by Gasteiger charge is -2.17. The van der Waals surface area contributed by atoms with Gasteiger partial charge in [0.25, 0.3) is 0 Å². The number of carbonyl (C=O) groups is 3. The average Bonchev–Trinajstić information content (AvgIpc) is 2.71. The third kappa shape index (κ3) is 3.32. The number of fused-ring (bicyclic) bond motifs is 2. The summed E-state index contributed by atoms with van der Waals surface area (Å²) in [6.45, 7) is -0.434. The number of ether oxygens (including phenoxy) is 1. The van der Waals surface area contributed by atoms with Crippen molar-refractivity contribution in [1.29, 1.82) is 0 Å². The van der Waals surface area contributed by atoms with E-state index >= 15 is 0 Å². The monoisotopic (exact) mass is 375 g/mol. The first kappa shape index (κ1) is 17.7. The lowest BCUT2D eigenvalue weighted by atomic mass is 9.99. The SMILES string of the molecule is O=C1CCc2cc(C(=O)COC(=O)c3ccc4ccccc4c3O)ccc2N1. The Hall–Kier alpha value is -3.67. The van der Waals surface area contributed by atoms with Gasteiger partial charge in [0.2, 0.25) is 5.91 Å². The van der Waals surface area contributed by atoms with Crippen LogP contribution < -0.4 is 5.32 Å². The molecule has 3 aromatic carbocycles. The van der Waals surface area contributed by atoms with Crippen LogP contribution in [-0.2, 0) is 16.0 Å². The fourth-order valence-electron chi connectivity index (χ4n) is 3.27. The van der Waals surface area contributed by atoms with E-state index in [1.54, 1.807) is 36.4 Å². The van der Waals surface area contributed by atoms with Crippen molar-refractivity contribution < 1.29 is 24.2 Å². The fourth-order valence-corrected chi connectivity index (χ4v) is 3.27. The molecule has 1 heterocycles. The maximum Gasteiger partial charge on any atom is 0.342 e. The maximum atomic E-state index is 12.4. The van der Waals surface area contributed by atoms with E-state index in [1.165, 1.54) is 6.07 Å². The van der Waals surface area contributed by atoms with Crippen LogP contribution in [0.3, 0.4) is 0 Å². The Kier molecular flexibility index (Phi) is 4.53. The van der Waals surface area contributed by atoms with Crippen molar-refractivity contribution in [1.82, 2.24) is 0 Å². The number of aryl methyl sites for hydroxylation is 1. The topological polar surface area (TPSA) is 92.7 Å². The van der Waals surface area contributed by atoms with E-state index in [9.17, 15) is 19.5 Å². The summed E-state index contributed by atoms with van der Waals surface area (Å²) in [6.07, 6.45) is 0.938. The van der Waals surface area contributed by atoms with E-state index < -0.39 is 12.6 Å². The minimum atomic E-state index is -0.762. The molecule has 0 saturated heterocycles. The molecular weight excluding hydrogens is 358 g/mol. The Morgan fingerprint density at radius 2 is 1.86 bits per heavy atom. The second-order valence-electron chi connectivity index (χ2n) is 6.60. The fraction of sp³-hybridized carbons (Fsp3) is 0.136. The van der Waals surface area contributed by atoms with Crippen molar-refractivity contribution in [2.75, 3.05) is 11.9 Å². The number of ketones is 1. The molecular formula is C22H17NO5. The Morgan fingerprint density at radius 3 is 2.71 bits per heavy atom. The summed E-state index contributed by atoms with van der Waals surface area (Å²) in [7, 11) is 0. The molecule has 140 valence electrons. The lowest BCUT2D eigenvalue weighted by Crippen LogP contribution is -2.20.